The van der Waals surface area contributed by atoms with Crippen LogP contribution in [0.1, 0.15) is 35.8 Å². The zero-order valence-electron chi connectivity index (χ0n) is 17.8. The summed E-state index contributed by atoms with van der Waals surface area (Å²) in [5.74, 6) is -0.192. The van der Waals surface area contributed by atoms with Gasteiger partial charge >= 0.3 is 12.0 Å². The van der Waals surface area contributed by atoms with Gasteiger partial charge in [-0.15, -0.1) is 0 Å². The van der Waals surface area contributed by atoms with E-state index in [4.69, 9.17) is 32.7 Å². The van der Waals surface area contributed by atoms with Crippen LogP contribution in [-0.2, 0) is 9.53 Å². The number of nitrogens with one attached hydrogen (secondary N) is 1. The molecule has 0 aromatic heterocycles. The molecule has 3 rings (SSSR count). The molecule has 0 fully saturated rings. The molecule has 168 valence electrons. The molecule has 9 heteroatoms. The van der Waals surface area contributed by atoms with E-state index in [-0.39, 0.29) is 29.6 Å². The predicted octanol–water partition coefficient (Wildman–Crippen LogP) is 4.79. The van der Waals surface area contributed by atoms with E-state index in [1.54, 1.807) is 49.4 Å². The molecule has 1 N–H and O–H groups in total. The fourth-order valence-electron chi connectivity index (χ4n) is 3.30. The van der Waals surface area contributed by atoms with Gasteiger partial charge in [-0.3, -0.25) is 9.69 Å². The number of hydrogen-bond acceptors (Lipinski definition) is 5. The fourth-order valence-corrected chi connectivity index (χ4v) is 3.71. The van der Waals surface area contributed by atoms with Gasteiger partial charge in [0.2, 0.25) is 0 Å². The van der Waals surface area contributed by atoms with Crippen LogP contribution in [0.25, 0.3) is 0 Å². The zero-order chi connectivity index (χ0) is 23.4. The Bertz CT molecular complexity index is 1080. The molecule has 0 spiro atoms. The average Bonchev–Trinajstić information content (AvgIpc) is 2.76. The molecular formula is C23H22Cl2N2O5. The topological polar surface area (TPSA) is 84.9 Å². The Morgan fingerprint density at radius 3 is 2.44 bits per heavy atom. The van der Waals surface area contributed by atoms with E-state index in [9.17, 15) is 14.4 Å². The maximum atomic E-state index is 12.9. The smallest absolute Gasteiger partial charge is 0.338 e. The minimum Gasteiger partial charge on any atom is -0.487 e. The second kappa shape index (κ2) is 10.1. The number of likely N-dealkylation sites (N-methyl/N-ethyl adjacent to an activating group) is 1. The number of halogens is 2. The Hall–Kier alpha value is -3.03. The van der Waals surface area contributed by atoms with Crippen LogP contribution in [0.5, 0.6) is 5.75 Å². The zero-order valence-corrected chi connectivity index (χ0v) is 19.3. The van der Waals surface area contributed by atoms with Crippen molar-refractivity contribution in [3.8, 4) is 5.75 Å². The Morgan fingerprint density at radius 1 is 1.12 bits per heavy atom. The first kappa shape index (κ1) is 23.6. The number of rotatable bonds is 7. The van der Waals surface area contributed by atoms with Gasteiger partial charge in [-0.05, 0) is 49.7 Å². The third kappa shape index (κ3) is 4.89. The number of ketones is 1. The van der Waals surface area contributed by atoms with Crippen LogP contribution in [-0.4, -0.2) is 42.9 Å². The molecule has 7 nitrogen and oxygen atoms in total. The maximum Gasteiger partial charge on any atom is 0.338 e. The van der Waals surface area contributed by atoms with E-state index in [0.717, 1.165) is 0 Å². The lowest BCUT2D eigenvalue weighted by atomic mass is 9.94. The summed E-state index contributed by atoms with van der Waals surface area (Å²) in [5.41, 5.74) is 1.53. The highest BCUT2D eigenvalue weighted by Crippen LogP contribution is 2.37. The van der Waals surface area contributed by atoms with Crippen molar-refractivity contribution < 1.29 is 23.9 Å². The molecule has 1 aliphatic heterocycles. The van der Waals surface area contributed by atoms with Gasteiger partial charge in [0.05, 0.1) is 34.0 Å². The normalized spacial score (nSPS) is 16.0. The number of nitrogens with zero attached hydrogens (tertiary/aromatic N) is 1. The highest BCUT2D eigenvalue weighted by Gasteiger charge is 2.38. The Morgan fingerprint density at radius 2 is 1.81 bits per heavy atom. The second-order valence-corrected chi connectivity index (χ2v) is 7.82. The summed E-state index contributed by atoms with van der Waals surface area (Å²) in [6.45, 7) is 3.23. The third-order valence-corrected chi connectivity index (χ3v) is 5.83. The van der Waals surface area contributed by atoms with Crippen molar-refractivity contribution in [3.63, 3.8) is 0 Å². The molecule has 1 atom stereocenters. The molecule has 1 heterocycles. The van der Waals surface area contributed by atoms with Crippen LogP contribution in [0.15, 0.2) is 53.7 Å². The second-order valence-electron chi connectivity index (χ2n) is 7.03. The highest BCUT2D eigenvalue weighted by atomic mass is 35.5. The van der Waals surface area contributed by atoms with Crippen LogP contribution in [0, 0.1) is 0 Å². The van der Waals surface area contributed by atoms with Crippen LogP contribution in [0.2, 0.25) is 10.0 Å². The third-order valence-electron chi connectivity index (χ3n) is 5.00. The summed E-state index contributed by atoms with van der Waals surface area (Å²) in [5, 5.41) is 3.30. The number of ether oxygens (including phenoxy) is 2. The van der Waals surface area contributed by atoms with E-state index in [1.807, 2.05) is 0 Å². The summed E-state index contributed by atoms with van der Waals surface area (Å²) >= 11 is 12.6. The molecule has 1 aliphatic rings. The number of hydrogen-bond donors (Lipinski definition) is 1. The Labute approximate surface area is 195 Å². The first-order chi connectivity index (χ1) is 15.2. The van der Waals surface area contributed by atoms with E-state index in [1.165, 1.54) is 18.9 Å². The molecule has 0 radical (unpaired) electrons. The molecule has 2 amide bonds. The van der Waals surface area contributed by atoms with Gasteiger partial charge in [-0.1, -0.05) is 35.3 Å². The monoisotopic (exact) mass is 476 g/mol. The van der Waals surface area contributed by atoms with Crippen molar-refractivity contribution in [1.29, 1.82) is 0 Å². The van der Waals surface area contributed by atoms with E-state index in [0.29, 0.717) is 27.6 Å². The van der Waals surface area contributed by atoms with Crippen molar-refractivity contribution in [2.75, 3.05) is 20.3 Å². The lowest BCUT2D eigenvalue weighted by Gasteiger charge is -2.34. The van der Waals surface area contributed by atoms with Crippen LogP contribution < -0.4 is 10.1 Å². The van der Waals surface area contributed by atoms with Crippen molar-refractivity contribution in [2.45, 2.75) is 19.9 Å². The SMILES string of the molecule is CCOC(=O)C1=C(COc2ccc(C(C)=O)cc2)N(C)C(=O)N[C@@H]1c1cccc(Cl)c1Cl. The minimum atomic E-state index is -0.873. The first-order valence-corrected chi connectivity index (χ1v) is 10.6. The minimum absolute atomic E-state index is 0.0613. The Balaban J connectivity index is 2.03. The summed E-state index contributed by atoms with van der Waals surface area (Å²) < 4.78 is 11.1. The standard InChI is InChI=1S/C23H22Cl2N2O5/c1-4-31-22(29)19-18(12-32-15-10-8-14(9-11-15)13(2)28)27(3)23(30)26-21(19)16-6-5-7-17(24)20(16)25/h5-11,21H,4,12H2,1-3H3,(H,26,30)/t21-/m1/s1. The average molecular weight is 477 g/mol. The van der Waals surface area contributed by atoms with Gasteiger partial charge in [0, 0.05) is 12.6 Å². The molecule has 2 aromatic rings. The van der Waals surface area contributed by atoms with Gasteiger partial charge in [0.15, 0.2) is 5.78 Å². The van der Waals surface area contributed by atoms with Gasteiger partial charge in [0.1, 0.15) is 12.4 Å². The summed E-state index contributed by atoms with van der Waals surface area (Å²) in [4.78, 5) is 38.4. The maximum absolute atomic E-state index is 12.9. The molecule has 0 bridgehead atoms. The number of amides is 2. The van der Waals surface area contributed by atoms with Crippen LogP contribution in [0.3, 0.4) is 0 Å². The van der Waals surface area contributed by atoms with Gasteiger partial charge < -0.3 is 14.8 Å². The summed E-state index contributed by atoms with van der Waals surface area (Å²) in [7, 11) is 1.53. The number of carbonyl (C=O) groups excluding carboxylic acids is 3. The van der Waals surface area contributed by atoms with Gasteiger partial charge in [0.25, 0.3) is 0 Å². The molecule has 0 saturated carbocycles. The highest BCUT2D eigenvalue weighted by molar-refractivity contribution is 6.42. The number of esters is 1. The van der Waals surface area contributed by atoms with Crippen molar-refractivity contribution >= 4 is 41.0 Å². The lowest BCUT2D eigenvalue weighted by molar-refractivity contribution is -0.139. The van der Waals surface area contributed by atoms with Gasteiger partial charge in [-0.2, -0.15) is 0 Å². The molecule has 0 aliphatic carbocycles. The first-order valence-electron chi connectivity index (χ1n) is 9.86. The van der Waals surface area contributed by atoms with Crippen molar-refractivity contribution in [3.05, 3.63) is 74.9 Å². The van der Waals surface area contributed by atoms with Gasteiger partial charge in [-0.25, -0.2) is 9.59 Å². The quantitative estimate of drug-likeness (QED) is 0.458. The number of Topliss-reactive ketones (excluding diaryl/α,β-unsaturated/α-hetero) is 1. The number of carbonyl (C=O) groups is 3. The molecule has 32 heavy (non-hydrogen) atoms. The molecular weight excluding hydrogens is 455 g/mol. The van der Waals surface area contributed by atoms with Crippen molar-refractivity contribution in [2.24, 2.45) is 0 Å². The Kier molecular flexibility index (Phi) is 7.43. The van der Waals surface area contributed by atoms with Crippen LogP contribution >= 0.6 is 23.2 Å². The van der Waals surface area contributed by atoms with E-state index in [2.05, 4.69) is 5.32 Å². The predicted molar refractivity (Wildman–Crippen MR) is 121 cm³/mol. The molecule has 0 unspecified atom stereocenters. The van der Waals surface area contributed by atoms with Crippen LogP contribution in [0.4, 0.5) is 4.79 Å². The summed E-state index contributed by atoms with van der Waals surface area (Å²) in [6.07, 6.45) is 0. The number of urea groups is 1. The van der Waals surface area contributed by atoms with E-state index < -0.39 is 18.0 Å². The fraction of sp³-hybridized carbons (Fsp3) is 0.261. The summed E-state index contributed by atoms with van der Waals surface area (Å²) in [6, 6.07) is 10.3. The molecule has 0 saturated heterocycles. The largest absolute Gasteiger partial charge is 0.487 e. The number of benzene rings is 2. The van der Waals surface area contributed by atoms with Crippen molar-refractivity contribution in [1.82, 2.24) is 10.2 Å². The molecule has 2 aromatic carbocycles. The lowest BCUT2D eigenvalue weighted by Crippen LogP contribution is -2.48. The van der Waals surface area contributed by atoms with E-state index >= 15 is 0 Å².